The summed E-state index contributed by atoms with van der Waals surface area (Å²) >= 11 is 0. The van der Waals surface area contributed by atoms with Gasteiger partial charge in [-0.2, -0.15) is 0 Å². The van der Waals surface area contributed by atoms with Crippen LogP contribution in [0.25, 0.3) is 0 Å². The van der Waals surface area contributed by atoms with Gasteiger partial charge in [0.05, 0.1) is 5.69 Å². The molecule has 3 unspecified atom stereocenters. The van der Waals surface area contributed by atoms with Gasteiger partial charge in [-0.25, -0.2) is 0 Å². The Kier molecular flexibility index (Phi) is 2.10. The monoisotopic (exact) mass is 312 g/mol. The molecule has 23 heavy (non-hydrogen) atoms. The fraction of sp³-hybridized carbons (Fsp3) is 0.684. The number of benzene rings is 1. The van der Waals surface area contributed by atoms with Crippen molar-refractivity contribution in [2.45, 2.75) is 55.8 Å². The number of hydrogen-bond acceptors (Lipinski definition) is 4. The standard InChI is InChI=1S/C19H24N2O2/c1-22-19-10-12-2-3-13(20)15-14(12)18(8-9-21-19)16(23-15)11-4-6-17(18,19)7-5-11/h2-3,11,16,21H,4-10,20H2,1H3. The molecule has 0 aromatic heterocycles. The molecular formula is C19H24N2O2. The molecule has 3 saturated carbocycles. The molecule has 0 radical (unpaired) electrons. The fourth-order valence-corrected chi connectivity index (χ4v) is 7.41. The van der Waals surface area contributed by atoms with Gasteiger partial charge in [0.15, 0.2) is 0 Å². The zero-order valence-corrected chi connectivity index (χ0v) is 13.7. The van der Waals surface area contributed by atoms with Crippen LogP contribution in [-0.2, 0) is 16.6 Å². The summed E-state index contributed by atoms with van der Waals surface area (Å²) in [6, 6.07) is 4.25. The van der Waals surface area contributed by atoms with E-state index in [1.807, 2.05) is 13.2 Å². The van der Waals surface area contributed by atoms with E-state index in [0.717, 1.165) is 30.8 Å². The molecule has 4 bridgehead atoms. The van der Waals surface area contributed by atoms with Gasteiger partial charge < -0.3 is 15.2 Å². The van der Waals surface area contributed by atoms with Gasteiger partial charge in [0.2, 0.25) is 0 Å². The molecule has 0 amide bonds. The summed E-state index contributed by atoms with van der Waals surface area (Å²) in [4.78, 5) is 0. The van der Waals surface area contributed by atoms with Crippen molar-refractivity contribution in [3.05, 3.63) is 23.3 Å². The van der Waals surface area contributed by atoms with Gasteiger partial charge >= 0.3 is 0 Å². The molecule has 2 aliphatic heterocycles. The first-order valence-electron chi connectivity index (χ1n) is 9.06. The number of anilines is 1. The maximum absolute atomic E-state index is 6.62. The van der Waals surface area contributed by atoms with E-state index in [2.05, 4.69) is 11.4 Å². The predicted octanol–water partition coefficient (Wildman–Crippen LogP) is 2.35. The van der Waals surface area contributed by atoms with E-state index in [0.29, 0.717) is 12.0 Å². The summed E-state index contributed by atoms with van der Waals surface area (Å²) in [7, 11) is 1.90. The molecule has 7 rings (SSSR count). The minimum atomic E-state index is -0.233. The lowest BCUT2D eigenvalue weighted by molar-refractivity contribution is -0.259. The highest BCUT2D eigenvalue weighted by Gasteiger charge is 2.78. The molecule has 3 atom stereocenters. The predicted molar refractivity (Wildman–Crippen MR) is 87.4 cm³/mol. The van der Waals surface area contributed by atoms with Gasteiger partial charge in [-0.15, -0.1) is 0 Å². The number of rotatable bonds is 1. The highest BCUT2D eigenvalue weighted by Crippen LogP contribution is 2.75. The normalized spacial score (nSPS) is 48.0. The van der Waals surface area contributed by atoms with E-state index in [1.54, 1.807) is 0 Å². The van der Waals surface area contributed by atoms with Crippen molar-refractivity contribution in [3.63, 3.8) is 0 Å². The van der Waals surface area contributed by atoms with Gasteiger partial charge in [-0.05, 0) is 56.2 Å². The smallest absolute Gasteiger partial charge is 0.146 e. The number of hydrogen-bond donors (Lipinski definition) is 2. The van der Waals surface area contributed by atoms with Crippen LogP contribution in [0.2, 0.25) is 0 Å². The van der Waals surface area contributed by atoms with Crippen LogP contribution in [0.1, 0.15) is 43.2 Å². The molecule has 122 valence electrons. The Labute approximate surface area is 136 Å². The summed E-state index contributed by atoms with van der Waals surface area (Å²) in [5.74, 6) is 1.69. The van der Waals surface area contributed by atoms with Crippen molar-refractivity contribution in [3.8, 4) is 5.75 Å². The first-order chi connectivity index (χ1) is 11.2. The van der Waals surface area contributed by atoms with E-state index in [1.165, 1.54) is 36.8 Å². The summed E-state index contributed by atoms with van der Waals surface area (Å²) in [6.45, 7) is 1.01. The maximum atomic E-state index is 6.62. The Hall–Kier alpha value is -1.26. The van der Waals surface area contributed by atoms with Crippen molar-refractivity contribution in [2.24, 2.45) is 11.3 Å². The highest BCUT2D eigenvalue weighted by molar-refractivity contribution is 5.68. The van der Waals surface area contributed by atoms with Crippen LogP contribution in [0.15, 0.2) is 12.1 Å². The SMILES string of the molecule is COC12Cc3ccc(N)c4c3C3(CCN1)C(O4)C1CCC23CC1. The second kappa shape index (κ2) is 3.70. The lowest BCUT2D eigenvalue weighted by atomic mass is 9.37. The number of nitrogens with two attached hydrogens (primary N) is 1. The molecule has 4 nitrogen and oxygen atoms in total. The summed E-state index contributed by atoms with van der Waals surface area (Å²) in [5, 5.41) is 3.81. The molecule has 2 heterocycles. The Morgan fingerprint density at radius 1 is 1.26 bits per heavy atom. The lowest BCUT2D eigenvalue weighted by Crippen LogP contribution is -2.80. The van der Waals surface area contributed by atoms with E-state index in [9.17, 15) is 0 Å². The number of piperidine rings is 1. The molecule has 6 aliphatic rings. The van der Waals surface area contributed by atoms with Crippen LogP contribution in [0.3, 0.4) is 0 Å². The van der Waals surface area contributed by atoms with Crippen LogP contribution in [0, 0.1) is 11.3 Å². The van der Waals surface area contributed by atoms with Crippen LogP contribution in [0.5, 0.6) is 5.75 Å². The minimum absolute atomic E-state index is 0.119. The first kappa shape index (κ1) is 13.1. The minimum Gasteiger partial charge on any atom is -0.487 e. The lowest BCUT2D eigenvalue weighted by Gasteiger charge is -2.71. The quantitative estimate of drug-likeness (QED) is 0.782. The molecule has 2 spiro atoms. The second-order valence-corrected chi connectivity index (χ2v) is 8.33. The van der Waals surface area contributed by atoms with Crippen LogP contribution in [0.4, 0.5) is 5.69 Å². The van der Waals surface area contributed by atoms with Crippen molar-refractivity contribution in [2.75, 3.05) is 19.4 Å². The van der Waals surface area contributed by atoms with E-state index in [-0.39, 0.29) is 16.6 Å². The highest BCUT2D eigenvalue weighted by atomic mass is 16.5. The fourth-order valence-electron chi connectivity index (χ4n) is 7.41. The molecule has 1 saturated heterocycles. The van der Waals surface area contributed by atoms with E-state index in [4.69, 9.17) is 15.2 Å². The molecule has 3 N–H and O–H groups in total. The third kappa shape index (κ3) is 1.09. The summed E-state index contributed by atoms with van der Waals surface area (Å²) < 4.78 is 12.9. The average Bonchev–Trinajstić information content (AvgIpc) is 2.94. The van der Waals surface area contributed by atoms with Crippen molar-refractivity contribution >= 4 is 5.69 Å². The largest absolute Gasteiger partial charge is 0.487 e. The third-order valence-electron chi connectivity index (χ3n) is 8.11. The van der Waals surface area contributed by atoms with Gasteiger partial charge in [-0.1, -0.05) is 6.07 Å². The van der Waals surface area contributed by atoms with E-state index < -0.39 is 0 Å². The molecule has 4 fully saturated rings. The number of methoxy groups -OCH3 is 1. The Morgan fingerprint density at radius 2 is 2.09 bits per heavy atom. The Morgan fingerprint density at radius 3 is 2.87 bits per heavy atom. The molecule has 1 aromatic rings. The zero-order chi connectivity index (χ0) is 15.4. The average molecular weight is 312 g/mol. The zero-order valence-electron chi connectivity index (χ0n) is 13.7. The summed E-state index contributed by atoms with van der Waals surface area (Å²) in [6.07, 6.45) is 7.45. The Balaban J connectivity index is 1.75. The Bertz CT molecular complexity index is 724. The van der Waals surface area contributed by atoms with Crippen LogP contribution < -0.4 is 15.8 Å². The van der Waals surface area contributed by atoms with E-state index >= 15 is 0 Å². The molecule has 4 heteroatoms. The van der Waals surface area contributed by atoms with Crippen LogP contribution in [-0.4, -0.2) is 25.5 Å². The number of fused-ring (bicyclic) bond motifs is 2. The first-order valence-corrected chi connectivity index (χ1v) is 9.06. The van der Waals surface area contributed by atoms with Crippen LogP contribution >= 0.6 is 0 Å². The second-order valence-electron chi connectivity index (χ2n) is 8.33. The molecular weight excluding hydrogens is 288 g/mol. The van der Waals surface area contributed by atoms with Gasteiger partial charge in [0.1, 0.15) is 17.6 Å². The molecule has 4 aliphatic carbocycles. The van der Waals surface area contributed by atoms with Crippen molar-refractivity contribution < 1.29 is 9.47 Å². The maximum Gasteiger partial charge on any atom is 0.146 e. The van der Waals surface area contributed by atoms with Crippen molar-refractivity contribution in [1.29, 1.82) is 0 Å². The summed E-state index contributed by atoms with van der Waals surface area (Å²) in [5.41, 5.74) is 10.1. The van der Waals surface area contributed by atoms with Gasteiger partial charge in [-0.3, -0.25) is 5.32 Å². The molecule has 1 aromatic carbocycles. The number of nitrogen functional groups attached to an aromatic ring is 1. The third-order valence-corrected chi connectivity index (χ3v) is 8.11. The van der Waals surface area contributed by atoms with Gasteiger partial charge in [0, 0.05) is 29.9 Å². The number of nitrogens with one attached hydrogen (secondary N) is 1. The van der Waals surface area contributed by atoms with Gasteiger partial charge in [0.25, 0.3) is 0 Å². The topological polar surface area (TPSA) is 56.5 Å². The number of ether oxygens (including phenoxy) is 2. The van der Waals surface area contributed by atoms with Crippen molar-refractivity contribution in [1.82, 2.24) is 5.32 Å².